The molecule has 0 saturated carbocycles. The number of rotatable bonds is 16. The third-order valence-electron chi connectivity index (χ3n) is 9.04. The van der Waals surface area contributed by atoms with Gasteiger partial charge in [0.15, 0.2) is 0 Å². The lowest BCUT2D eigenvalue weighted by Gasteiger charge is -2.21. The van der Waals surface area contributed by atoms with Gasteiger partial charge in [-0.25, -0.2) is 0 Å². The highest BCUT2D eigenvalue weighted by Crippen LogP contribution is 2.34. The van der Waals surface area contributed by atoms with Gasteiger partial charge in [0.25, 0.3) is 0 Å². The Bertz CT molecular complexity index is 1300. The van der Waals surface area contributed by atoms with Crippen molar-refractivity contribution < 1.29 is 0 Å². The average Bonchev–Trinajstić information content (AvgIpc) is 3.02. The minimum absolute atomic E-state index is 0.421. The van der Waals surface area contributed by atoms with E-state index in [1.54, 1.807) is 0 Å². The number of nitrogens with two attached hydrogens (primary N) is 2. The van der Waals surface area contributed by atoms with Gasteiger partial charge in [0.05, 0.1) is 0 Å². The van der Waals surface area contributed by atoms with Crippen LogP contribution in [0.3, 0.4) is 0 Å². The first-order valence-corrected chi connectivity index (χ1v) is 16.4. The molecular weight excluding hydrogens is 508 g/mol. The van der Waals surface area contributed by atoms with Crippen LogP contribution in [0.1, 0.15) is 130 Å². The molecule has 0 heterocycles. The second kappa shape index (κ2) is 16.2. The van der Waals surface area contributed by atoms with E-state index in [0.717, 1.165) is 24.2 Å². The van der Waals surface area contributed by atoms with Gasteiger partial charge in [-0.15, -0.1) is 0 Å². The molecule has 0 aromatic heterocycles. The summed E-state index contributed by atoms with van der Waals surface area (Å²) in [7, 11) is 0. The molecule has 4 N–H and O–H groups in total. The first kappa shape index (κ1) is 31.4. The van der Waals surface area contributed by atoms with Crippen LogP contribution in [0.5, 0.6) is 0 Å². The molecule has 222 valence electrons. The SMILES string of the molecule is CCCCCC(c1ccc(N)cc1)c1ccc(CC(CC)c2ccc(C(CCCCC)c3ccc(N)cc3)cc2)cc1. The van der Waals surface area contributed by atoms with E-state index in [1.807, 2.05) is 24.3 Å². The van der Waals surface area contributed by atoms with Gasteiger partial charge in [-0.3, -0.25) is 0 Å². The van der Waals surface area contributed by atoms with Crippen molar-refractivity contribution in [2.24, 2.45) is 0 Å². The van der Waals surface area contributed by atoms with Crippen molar-refractivity contribution in [2.45, 2.75) is 103 Å². The molecule has 2 nitrogen and oxygen atoms in total. The maximum absolute atomic E-state index is 5.99. The molecule has 3 unspecified atom stereocenters. The molecule has 42 heavy (non-hydrogen) atoms. The van der Waals surface area contributed by atoms with Crippen molar-refractivity contribution in [3.63, 3.8) is 0 Å². The Morgan fingerprint density at radius 2 is 0.810 bits per heavy atom. The van der Waals surface area contributed by atoms with Gasteiger partial charge in [0.2, 0.25) is 0 Å². The Hall–Kier alpha value is -3.52. The molecule has 4 rings (SSSR count). The van der Waals surface area contributed by atoms with Crippen molar-refractivity contribution in [3.8, 4) is 0 Å². The Morgan fingerprint density at radius 3 is 1.19 bits per heavy atom. The van der Waals surface area contributed by atoms with Crippen molar-refractivity contribution in [1.82, 2.24) is 0 Å². The normalized spacial score (nSPS) is 13.5. The van der Waals surface area contributed by atoms with Gasteiger partial charge in [-0.2, -0.15) is 0 Å². The molecule has 0 aliphatic carbocycles. The van der Waals surface area contributed by atoms with Gasteiger partial charge in [0, 0.05) is 23.2 Å². The van der Waals surface area contributed by atoms with Crippen LogP contribution in [0.25, 0.3) is 0 Å². The molecule has 2 heteroatoms. The monoisotopic (exact) mass is 560 g/mol. The predicted octanol–water partition coefficient (Wildman–Crippen LogP) is 11.0. The summed E-state index contributed by atoms with van der Waals surface area (Å²) in [6.07, 6.45) is 12.1. The predicted molar refractivity (Wildman–Crippen MR) is 183 cm³/mol. The number of hydrogen-bond acceptors (Lipinski definition) is 2. The lowest BCUT2D eigenvalue weighted by Crippen LogP contribution is -2.06. The minimum Gasteiger partial charge on any atom is -0.399 e. The van der Waals surface area contributed by atoms with E-state index in [0.29, 0.717) is 17.8 Å². The summed E-state index contributed by atoms with van der Waals surface area (Å²) >= 11 is 0. The van der Waals surface area contributed by atoms with Crippen molar-refractivity contribution >= 4 is 11.4 Å². The van der Waals surface area contributed by atoms with Crippen molar-refractivity contribution in [3.05, 3.63) is 130 Å². The summed E-state index contributed by atoms with van der Waals surface area (Å²) < 4.78 is 0. The van der Waals surface area contributed by atoms with E-state index in [9.17, 15) is 0 Å². The van der Waals surface area contributed by atoms with Crippen LogP contribution in [-0.2, 0) is 6.42 Å². The highest BCUT2D eigenvalue weighted by molar-refractivity contribution is 5.44. The maximum Gasteiger partial charge on any atom is 0.0314 e. The number of benzene rings is 4. The third kappa shape index (κ3) is 8.74. The van der Waals surface area contributed by atoms with Crippen LogP contribution >= 0.6 is 0 Å². The number of nitrogen functional groups attached to an aromatic ring is 2. The Morgan fingerprint density at radius 1 is 0.452 bits per heavy atom. The zero-order valence-corrected chi connectivity index (χ0v) is 26.2. The first-order chi connectivity index (χ1) is 20.5. The van der Waals surface area contributed by atoms with Crippen LogP contribution in [0.4, 0.5) is 11.4 Å². The van der Waals surface area contributed by atoms with Gasteiger partial charge in [-0.05, 0) is 89.2 Å². The summed E-state index contributed by atoms with van der Waals surface area (Å²) in [4.78, 5) is 0. The first-order valence-electron chi connectivity index (χ1n) is 16.4. The Balaban J connectivity index is 1.48. The summed E-state index contributed by atoms with van der Waals surface area (Å²) in [6, 6.07) is 36.0. The minimum atomic E-state index is 0.421. The number of unbranched alkanes of at least 4 members (excludes halogenated alkanes) is 4. The van der Waals surface area contributed by atoms with Gasteiger partial charge < -0.3 is 11.5 Å². The van der Waals surface area contributed by atoms with Gasteiger partial charge >= 0.3 is 0 Å². The lowest BCUT2D eigenvalue weighted by molar-refractivity contribution is 0.616. The van der Waals surface area contributed by atoms with Crippen molar-refractivity contribution in [1.29, 1.82) is 0 Å². The number of anilines is 2. The molecular formula is C40H52N2. The highest BCUT2D eigenvalue weighted by Gasteiger charge is 2.18. The van der Waals surface area contributed by atoms with E-state index in [4.69, 9.17) is 11.5 Å². The molecule has 0 aliphatic heterocycles. The van der Waals surface area contributed by atoms with Crippen LogP contribution < -0.4 is 11.5 Å². The van der Waals surface area contributed by atoms with E-state index in [1.165, 1.54) is 84.7 Å². The van der Waals surface area contributed by atoms with E-state index in [-0.39, 0.29) is 0 Å². The molecule has 4 aromatic carbocycles. The van der Waals surface area contributed by atoms with Gasteiger partial charge in [-0.1, -0.05) is 132 Å². The van der Waals surface area contributed by atoms with Crippen LogP contribution in [0.15, 0.2) is 97.1 Å². The summed E-state index contributed by atoms with van der Waals surface area (Å²) in [5.74, 6) is 1.36. The molecule has 0 spiro atoms. The second-order valence-electron chi connectivity index (χ2n) is 12.1. The van der Waals surface area contributed by atoms with Crippen molar-refractivity contribution in [2.75, 3.05) is 11.5 Å². The molecule has 4 aromatic rings. The Kier molecular flexibility index (Phi) is 12.1. The topological polar surface area (TPSA) is 52.0 Å². The summed E-state index contributed by atoms with van der Waals surface area (Å²) in [6.45, 7) is 6.87. The standard InChI is InChI=1S/C40H52N2/c1-4-7-9-11-39(35-21-25-37(41)26-22-35)33-15-13-30(14-16-33)29-31(6-3)32-17-19-34(20-18-32)40(12-10-8-5-2)36-23-27-38(42)28-24-36/h13-28,31,39-40H,4-12,29,41-42H2,1-3H3. The fourth-order valence-electron chi connectivity index (χ4n) is 6.37. The lowest BCUT2D eigenvalue weighted by atomic mass is 9.83. The molecule has 0 aliphatic rings. The molecule has 0 amide bonds. The number of hydrogen-bond donors (Lipinski definition) is 2. The quantitative estimate of drug-likeness (QED) is 0.106. The smallest absolute Gasteiger partial charge is 0.0314 e. The van der Waals surface area contributed by atoms with Crippen LogP contribution in [0.2, 0.25) is 0 Å². The fourth-order valence-corrected chi connectivity index (χ4v) is 6.37. The largest absolute Gasteiger partial charge is 0.399 e. The summed E-state index contributed by atoms with van der Waals surface area (Å²) in [5, 5.41) is 0. The van der Waals surface area contributed by atoms with Gasteiger partial charge in [0.1, 0.15) is 0 Å². The molecule has 0 fully saturated rings. The highest BCUT2D eigenvalue weighted by atomic mass is 14.5. The van der Waals surface area contributed by atoms with E-state index in [2.05, 4.69) is 93.6 Å². The molecule has 0 saturated heterocycles. The summed E-state index contributed by atoms with van der Waals surface area (Å²) in [5.41, 5.74) is 22.1. The van der Waals surface area contributed by atoms with Crippen LogP contribution in [-0.4, -0.2) is 0 Å². The van der Waals surface area contributed by atoms with Crippen LogP contribution in [0, 0.1) is 0 Å². The maximum atomic E-state index is 5.99. The van der Waals surface area contributed by atoms with E-state index < -0.39 is 0 Å². The second-order valence-corrected chi connectivity index (χ2v) is 12.1. The fraction of sp³-hybridized carbons (Fsp3) is 0.400. The molecule has 3 atom stereocenters. The molecule has 0 bridgehead atoms. The average molecular weight is 561 g/mol. The Labute approximate surface area is 255 Å². The zero-order valence-electron chi connectivity index (χ0n) is 26.2. The zero-order chi connectivity index (χ0) is 29.7. The molecule has 0 radical (unpaired) electrons. The van der Waals surface area contributed by atoms with E-state index >= 15 is 0 Å². The third-order valence-corrected chi connectivity index (χ3v) is 9.04.